The first kappa shape index (κ1) is 14.8. The van der Waals surface area contributed by atoms with Gasteiger partial charge in [0.1, 0.15) is 4.90 Å². The van der Waals surface area contributed by atoms with Crippen LogP contribution in [0.25, 0.3) is 0 Å². The summed E-state index contributed by atoms with van der Waals surface area (Å²) in [6, 6.07) is 6.54. The van der Waals surface area contributed by atoms with Crippen molar-refractivity contribution in [3.05, 3.63) is 45.1 Å². The van der Waals surface area contributed by atoms with E-state index in [4.69, 9.17) is 17.3 Å². The zero-order chi connectivity index (χ0) is 15.2. The van der Waals surface area contributed by atoms with Crippen molar-refractivity contribution < 1.29 is 8.42 Å². The lowest BCUT2D eigenvalue weighted by Crippen LogP contribution is -2.38. The van der Waals surface area contributed by atoms with Gasteiger partial charge in [-0.25, -0.2) is 8.42 Å². The molecule has 0 bridgehead atoms. The third kappa shape index (κ3) is 2.36. The Hall–Kier alpha value is -1.08. The highest BCUT2D eigenvalue weighted by Crippen LogP contribution is 2.39. The van der Waals surface area contributed by atoms with Crippen molar-refractivity contribution in [2.24, 2.45) is 0 Å². The smallest absolute Gasteiger partial charge is 0.247 e. The minimum atomic E-state index is -3.71. The highest BCUT2D eigenvalue weighted by Gasteiger charge is 2.36. The molecule has 1 aromatic heterocycles. The summed E-state index contributed by atoms with van der Waals surface area (Å²) in [5.74, 6) is 0. The number of nitrogen functional groups attached to an aromatic ring is 1. The van der Waals surface area contributed by atoms with Crippen molar-refractivity contribution in [1.29, 1.82) is 0 Å². The third-order valence-electron chi connectivity index (χ3n) is 3.79. The van der Waals surface area contributed by atoms with Crippen LogP contribution in [0.4, 0.5) is 5.69 Å². The molecule has 1 aromatic carbocycles. The minimum absolute atomic E-state index is 0.0113. The van der Waals surface area contributed by atoms with Crippen LogP contribution in [0.3, 0.4) is 0 Å². The van der Waals surface area contributed by atoms with Crippen molar-refractivity contribution in [3.63, 3.8) is 0 Å². The van der Waals surface area contributed by atoms with Gasteiger partial charge in [-0.3, -0.25) is 0 Å². The van der Waals surface area contributed by atoms with E-state index in [1.807, 2.05) is 18.4 Å². The number of hydrogen-bond acceptors (Lipinski definition) is 4. The summed E-state index contributed by atoms with van der Waals surface area (Å²) < 4.78 is 27.4. The van der Waals surface area contributed by atoms with Gasteiger partial charge >= 0.3 is 0 Å². The predicted octanol–water partition coefficient (Wildman–Crippen LogP) is 3.29. The van der Waals surface area contributed by atoms with Crippen LogP contribution in [-0.2, 0) is 16.4 Å². The number of fused-ring (bicyclic) bond motifs is 1. The summed E-state index contributed by atoms with van der Waals surface area (Å²) in [5.41, 5.74) is 7.10. The molecule has 0 amide bonds. The Morgan fingerprint density at radius 2 is 2.14 bits per heavy atom. The number of hydrogen-bond donors (Lipinski definition) is 1. The van der Waals surface area contributed by atoms with Crippen LogP contribution < -0.4 is 5.73 Å². The molecule has 21 heavy (non-hydrogen) atoms. The topological polar surface area (TPSA) is 63.4 Å². The Kier molecular flexibility index (Phi) is 3.73. The van der Waals surface area contributed by atoms with Crippen molar-refractivity contribution in [3.8, 4) is 0 Å². The van der Waals surface area contributed by atoms with Gasteiger partial charge in [0.05, 0.1) is 10.7 Å². The number of halogens is 1. The second kappa shape index (κ2) is 5.28. The third-order valence-corrected chi connectivity index (χ3v) is 7.30. The summed E-state index contributed by atoms with van der Waals surface area (Å²) in [6.45, 7) is 2.34. The molecule has 2 heterocycles. The molecule has 0 saturated heterocycles. The van der Waals surface area contributed by atoms with E-state index in [-0.39, 0.29) is 21.6 Å². The molecule has 1 aliphatic heterocycles. The molecule has 0 fully saturated rings. The van der Waals surface area contributed by atoms with Gasteiger partial charge in [-0.2, -0.15) is 4.31 Å². The lowest BCUT2D eigenvalue weighted by atomic mass is 10.0. The quantitative estimate of drug-likeness (QED) is 0.852. The first-order valence-corrected chi connectivity index (χ1v) is 9.25. The molecular formula is C14H15ClN2O2S2. The van der Waals surface area contributed by atoms with Crippen LogP contribution in [0, 0.1) is 0 Å². The molecule has 7 heteroatoms. The van der Waals surface area contributed by atoms with E-state index in [1.54, 1.807) is 29.5 Å². The maximum absolute atomic E-state index is 12.9. The maximum Gasteiger partial charge on any atom is 0.247 e. The van der Waals surface area contributed by atoms with Crippen LogP contribution >= 0.6 is 22.9 Å². The van der Waals surface area contributed by atoms with E-state index in [0.29, 0.717) is 6.54 Å². The van der Waals surface area contributed by atoms with E-state index in [0.717, 1.165) is 12.0 Å². The standard InChI is InChI=1S/C14H15ClN2O2S2/c1-9-10-6-8-20-13(10)5-7-17(9)21(18,19)14-11(15)3-2-4-12(14)16/h2-4,6,8-9H,5,7,16H2,1H3. The Balaban J connectivity index is 2.08. The van der Waals surface area contributed by atoms with E-state index in [2.05, 4.69) is 0 Å². The van der Waals surface area contributed by atoms with Crippen LogP contribution in [0.5, 0.6) is 0 Å². The second-order valence-corrected chi connectivity index (χ2v) is 8.23. The zero-order valence-electron chi connectivity index (χ0n) is 11.4. The lowest BCUT2D eigenvalue weighted by Gasteiger charge is -2.33. The van der Waals surface area contributed by atoms with Crippen molar-refractivity contribution in [1.82, 2.24) is 4.31 Å². The molecule has 1 unspecified atom stereocenters. The number of rotatable bonds is 2. The maximum atomic E-state index is 12.9. The number of sulfonamides is 1. The van der Waals surface area contributed by atoms with E-state index in [9.17, 15) is 8.42 Å². The number of nitrogens with zero attached hydrogens (tertiary/aromatic N) is 1. The van der Waals surface area contributed by atoms with Crippen molar-refractivity contribution in [2.75, 3.05) is 12.3 Å². The Morgan fingerprint density at radius 3 is 2.86 bits per heavy atom. The molecule has 0 saturated carbocycles. The molecule has 0 radical (unpaired) electrons. The van der Waals surface area contributed by atoms with Gasteiger partial charge in [-0.05, 0) is 42.5 Å². The first-order valence-electron chi connectivity index (χ1n) is 6.55. The molecule has 0 spiro atoms. The van der Waals surface area contributed by atoms with Gasteiger partial charge < -0.3 is 5.73 Å². The highest BCUT2D eigenvalue weighted by atomic mass is 35.5. The number of benzene rings is 1. The molecule has 1 aliphatic rings. The van der Waals surface area contributed by atoms with Gasteiger partial charge in [0.25, 0.3) is 0 Å². The van der Waals surface area contributed by atoms with Crippen molar-refractivity contribution >= 4 is 38.6 Å². The Morgan fingerprint density at radius 1 is 1.38 bits per heavy atom. The van der Waals surface area contributed by atoms with Crippen LogP contribution in [0.1, 0.15) is 23.4 Å². The van der Waals surface area contributed by atoms with Gasteiger partial charge in [-0.1, -0.05) is 17.7 Å². The highest BCUT2D eigenvalue weighted by molar-refractivity contribution is 7.89. The fourth-order valence-corrected chi connectivity index (χ4v) is 5.94. The summed E-state index contributed by atoms with van der Waals surface area (Å²) in [5, 5.41) is 2.17. The molecule has 4 nitrogen and oxygen atoms in total. The molecule has 2 aromatic rings. The SMILES string of the molecule is CC1c2ccsc2CCN1S(=O)(=O)c1c(N)cccc1Cl. The minimum Gasteiger partial charge on any atom is -0.398 e. The average molecular weight is 343 g/mol. The predicted molar refractivity (Wildman–Crippen MR) is 86.2 cm³/mol. The Labute approximate surface area is 133 Å². The van der Waals surface area contributed by atoms with Crippen LogP contribution in [-0.4, -0.2) is 19.3 Å². The molecule has 2 N–H and O–H groups in total. The summed E-state index contributed by atoms with van der Waals surface area (Å²) in [7, 11) is -3.71. The Bertz CT molecular complexity index is 766. The molecule has 1 atom stereocenters. The molecular weight excluding hydrogens is 328 g/mol. The van der Waals surface area contributed by atoms with Gasteiger partial charge in [-0.15, -0.1) is 11.3 Å². The first-order chi connectivity index (χ1) is 9.93. The van der Waals surface area contributed by atoms with E-state index < -0.39 is 10.0 Å². The zero-order valence-corrected chi connectivity index (χ0v) is 13.8. The number of nitrogens with two attached hydrogens (primary N) is 1. The fraction of sp³-hybridized carbons (Fsp3) is 0.286. The van der Waals surface area contributed by atoms with E-state index in [1.165, 1.54) is 9.18 Å². The molecule has 3 rings (SSSR count). The molecule has 112 valence electrons. The van der Waals surface area contributed by atoms with Gasteiger partial charge in [0.2, 0.25) is 10.0 Å². The fourth-order valence-electron chi connectivity index (χ4n) is 2.73. The largest absolute Gasteiger partial charge is 0.398 e. The van der Waals surface area contributed by atoms with Crippen LogP contribution in [0.2, 0.25) is 5.02 Å². The summed E-state index contributed by atoms with van der Waals surface area (Å²) in [6.07, 6.45) is 0.723. The normalized spacial score (nSPS) is 19.4. The summed E-state index contributed by atoms with van der Waals surface area (Å²) >= 11 is 7.75. The van der Waals surface area contributed by atoms with Gasteiger partial charge in [0.15, 0.2) is 0 Å². The second-order valence-electron chi connectivity index (χ2n) is 5.00. The lowest BCUT2D eigenvalue weighted by molar-refractivity contribution is 0.329. The van der Waals surface area contributed by atoms with Crippen molar-refractivity contribution in [2.45, 2.75) is 24.3 Å². The van der Waals surface area contributed by atoms with Crippen LogP contribution in [0.15, 0.2) is 34.5 Å². The monoisotopic (exact) mass is 342 g/mol. The number of anilines is 1. The van der Waals surface area contributed by atoms with Gasteiger partial charge in [0, 0.05) is 17.5 Å². The average Bonchev–Trinajstić information content (AvgIpc) is 2.87. The van der Waals surface area contributed by atoms with E-state index >= 15 is 0 Å². The molecule has 0 aliphatic carbocycles. The number of thiophene rings is 1. The summed E-state index contributed by atoms with van der Waals surface area (Å²) in [4.78, 5) is 1.26.